The molecule has 0 radical (unpaired) electrons. The van der Waals surface area contributed by atoms with Crippen LogP contribution in [0.25, 0.3) is 10.8 Å². The van der Waals surface area contributed by atoms with Crippen molar-refractivity contribution in [3.8, 4) is 0 Å². The fraction of sp³-hybridized carbons (Fsp3) is 0.231. The fourth-order valence-electron chi connectivity index (χ4n) is 1.94. The van der Waals surface area contributed by atoms with Crippen LogP contribution in [0.15, 0.2) is 24.3 Å². The third-order valence-corrected chi connectivity index (χ3v) is 2.71. The molecule has 0 amide bonds. The van der Waals surface area contributed by atoms with Gasteiger partial charge in [-0.1, -0.05) is 19.1 Å². The largest absolute Gasteiger partial charge is 0.481 e. The summed E-state index contributed by atoms with van der Waals surface area (Å²) in [7, 11) is 0. The van der Waals surface area contributed by atoms with Crippen molar-refractivity contribution in [2.24, 2.45) is 0 Å². The topological polar surface area (TPSA) is 76.2 Å². The highest BCUT2D eigenvalue weighted by atomic mass is 16.4. The predicted octanol–water partition coefficient (Wildman–Crippen LogP) is 2.01. The van der Waals surface area contributed by atoms with E-state index in [1.54, 1.807) is 6.07 Å². The molecule has 4 heteroatoms. The molecule has 0 spiro atoms. The lowest BCUT2D eigenvalue weighted by Crippen LogP contribution is -2.05. The number of hydrogen-bond donors (Lipinski definition) is 2. The number of aromatic nitrogens is 1. The minimum atomic E-state index is -0.881. The van der Waals surface area contributed by atoms with E-state index >= 15 is 0 Å². The number of fused-ring (bicyclic) bond motifs is 1. The van der Waals surface area contributed by atoms with Gasteiger partial charge in [0.25, 0.3) is 0 Å². The lowest BCUT2D eigenvalue weighted by atomic mass is 10.0. The number of pyridine rings is 1. The molecule has 1 aromatic carbocycles. The van der Waals surface area contributed by atoms with Crippen LogP contribution in [-0.4, -0.2) is 16.1 Å². The summed E-state index contributed by atoms with van der Waals surface area (Å²) in [5.41, 5.74) is 8.01. The highest BCUT2D eigenvalue weighted by molar-refractivity contribution is 5.94. The number of nitrogen functional groups attached to an aromatic ring is 1. The highest BCUT2D eigenvalue weighted by Gasteiger charge is 2.09. The van der Waals surface area contributed by atoms with E-state index in [1.165, 1.54) is 0 Å². The molecule has 17 heavy (non-hydrogen) atoms. The molecule has 1 aromatic heterocycles. The van der Waals surface area contributed by atoms with Crippen molar-refractivity contribution in [2.75, 3.05) is 5.73 Å². The van der Waals surface area contributed by atoms with Gasteiger partial charge in [0.15, 0.2) is 0 Å². The summed E-state index contributed by atoms with van der Waals surface area (Å²) in [5.74, 6) is -0.881. The number of anilines is 1. The Labute approximate surface area is 99.1 Å². The molecule has 0 bridgehead atoms. The maximum atomic E-state index is 10.7. The quantitative estimate of drug-likeness (QED) is 0.791. The van der Waals surface area contributed by atoms with Crippen LogP contribution >= 0.6 is 0 Å². The normalized spacial score (nSPS) is 10.6. The molecule has 2 rings (SSSR count). The fourth-order valence-corrected chi connectivity index (χ4v) is 1.94. The third-order valence-electron chi connectivity index (χ3n) is 2.71. The molecule has 0 aliphatic rings. The number of hydrogen-bond acceptors (Lipinski definition) is 3. The Bertz CT molecular complexity index is 579. The summed E-state index contributed by atoms with van der Waals surface area (Å²) < 4.78 is 0. The Balaban J connectivity index is 2.67. The second-order valence-electron chi connectivity index (χ2n) is 3.93. The first-order chi connectivity index (χ1) is 8.11. The van der Waals surface area contributed by atoms with Crippen LogP contribution < -0.4 is 5.73 Å². The van der Waals surface area contributed by atoms with Crippen LogP contribution in [0.2, 0.25) is 0 Å². The molecule has 2 aromatic rings. The summed E-state index contributed by atoms with van der Waals surface area (Å²) in [6.07, 6.45) is 0.685. The lowest BCUT2D eigenvalue weighted by Gasteiger charge is -2.08. The van der Waals surface area contributed by atoms with Gasteiger partial charge in [-0.3, -0.25) is 9.78 Å². The second kappa shape index (κ2) is 4.41. The molecule has 0 saturated carbocycles. The number of nitrogens with two attached hydrogens (primary N) is 1. The van der Waals surface area contributed by atoms with Gasteiger partial charge < -0.3 is 10.8 Å². The van der Waals surface area contributed by atoms with Crippen molar-refractivity contribution in [1.82, 2.24) is 4.98 Å². The SMILES string of the molecule is CCc1nc(CC(=O)O)cc2c(N)cccc12. The van der Waals surface area contributed by atoms with Crippen molar-refractivity contribution >= 4 is 22.4 Å². The van der Waals surface area contributed by atoms with Crippen LogP contribution in [0.4, 0.5) is 5.69 Å². The molecule has 0 aliphatic carbocycles. The highest BCUT2D eigenvalue weighted by Crippen LogP contribution is 2.24. The number of carboxylic acids is 1. The molecule has 0 unspecified atom stereocenters. The van der Waals surface area contributed by atoms with E-state index in [-0.39, 0.29) is 6.42 Å². The van der Waals surface area contributed by atoms with Crippen molar-refractivity contribution in [3.63, 3.8) is 0 Å². The van der Waals surface area contributed by atoms with E-state index in [4.69, 9.17) is 10.8 Å². The smallest absolute Gasteiger partial charge is 0.309 e. The van der Waals surface area contributed by atoms with Gasteiger partial charge in [-0.2, -0.15) is 0 Å². The maximum Gasteiger partial charge on any atom is 0.309 e. The zero-order valence-corrected chi connectivity index (χ0v) is 9.60. The molecule has 4 nitrogen and oxygen atoms in total. The van der Waals surface area contributed by atoms with E-state index in [1.807, 2.05) is 25.1 Å². The number of nitrogens with zero attached hydrogens (tertiary/aromatic N) is 1. The van der Waals surface area contributed by atoms with Crippen LogP contribution in [0, 0.1) is 0 Å². The van der Waals surface area contributed by atoms with Crippen molar-refractivity contribution in [3.05, 3.63) is 35.7 Å². The molecule has 0 saturated heterocycles. The standard InChI is InChI=1S/C13H14N2O2/c1-2-12-9-4-3-5-11(14)10(9)6-8(15-12)7-13(16)17/h3-6H,2,7,14H2,1H3,(H,16,17). The van der Waals surface area contributed by atoms with Crippen LogP contribution in [0.1, 0.15) is 18.3 Å². The van der Waals surface area contributed by atoms with Gasteiger partial charge in [0.2, 0.25) is 0 Å². The van der Waals surface area contributed by atoms with E-state index in [0.29, 0.717) is 11.4 Å². The maximum absolute atomic E-state index is 10.7. The Morgan fingerprint density at radius 1 is 1.41 bits per heavy atom. The summed E-state index contributed by atoms with van der Waals surface area (Å²) in [4.78, 5) is 15.1. The molecular weight excluding hydrogens is 216 g/mol. The third kappa shape index (κ3) is 2.20. The lowest BCUT2D eigenvalue weighted by molar-refractivity contribution is -0.136. The van der Waals surface area contributed by atoms with Gasteiger partial charge in [0, 0.05) is 22.2 Å². The Hall–Kier alpha value is -2.10. The number of rotatable bonds is 3. The van der Waals surface area contributed by atoms with Crippen molar-refractivity contribution < 1.29 is 9.90 Å². The molecule has 1 heterocycles. The van der Waals surface area contributed by atoms with Gasteiger partial charge >= 0.3 is 5.97 Å². The minimum absolute atomic E-state index is 0.0721. The van der Waals surface area contributed by atoms with Crippen LogP contribution in [-0.2, 0) is 17.6 Å². The number of carbonyl (C=O) groups is 1. The van der Waals surface area contributed by atoms with E-state index in [2.05, 4.69) is 4.98 Å². The molecule has 0 aliphatic heterocycles. The summed E-state index contributed by atoms with van der Waals surface area (Å²) in [6, 6.07) is 7.42. The van der Waals surface area contributed by atoms with Crippen LogP contribution in [0.5, 0.6) is 0 Å². The molecule has 3 N–H and O–H groups in total. The van der Waals surface area contributed by atoms with E-state index < -0.39 is 5.97 Å². The zero-order chi connectivity index (χ0) is 12.4. The monoisotopic (exact) mass is 230 g/mol. The van der Waals surface area contributed by atoms with Crippen molar-refractivity contribution in [1.29, 1.82) is 0 Å². The molecule has 0 atom stereocenters. The second-order valence-corrected chi connectivity index (χ2v) is 3.93. The summed E-state index contributed by atoms with van der Waals surface area (Å²) in [5, 5.41) is 10.7. The van der Waals surface area contributed by atoms with Gasteiger partial charge in [-0.25, -0.2) is 0 Å². The summed E-state index contributed by atoms with van der Waals surface area (Å²) >= 11 is 0. The first-order valence-corrected chi connectivity index (χ1v) is 5.50. The van der Waals surface area contributed by atoms with Gasteiger partial charge in [0.05, 0.1) is 12.1 Å². The Kier molecular flexibility index (Phi) is 2.95. The number of benzene rings is 1. The van der Waals surface area contributed by atoms with Gasteiger partial charge in [-0.05, 0) is 18.6 Å². The molecule has 0 fully saturated rings. The first kappa shape index (κ1) is 11.4. The van der Waals surface area contributed by atoms with Gasteiger partial charge in [0.1, 0.15) is 0 Å². The first-order valence-electron chi connectivity index (χ1n) is 5.50. The van der Waals surface area contributed by atoms with Crippen LogP contribution in [0.3, 0.4) is 0 Å². The Morgan fingerprint density at radius 2 is 2.18 bits per heavy atom. The zero-order valence-electron chi connectivity index (χ0n) is 9.60. The van der Waals surface area contributed by atoms with Gasteiger partial charge in [-0.15, -0.1) is 0 Å². The molecule has 88 valence electrons. The average molecular weight is 230 g/mol. The van der Waals surface area contributed by atoms with E-state index in [9.17, 15) is 4.79 Å². The number of aliphatic carboxylic acids is 1. The minimum Gasteiger partial charge on any atom is -0.481 e. The predicted molar refractivity (Wildman–Crippen MR) is 66.9 cm³/mol. The van der Waals surface area contributed by atoms with Crippen molar-refractivity contribution in [2.45, 2.75) is 19.8 Å². The average Bonchev–Trinajstić information content (AvgIpc) is 2.28. The summed E-state index contributed by atoms with van der Waals surface area (Å²) in [6.45, 7) is 2.00. The number of carboxylic acid groups (broad SMARTS) is 1. The number of aryl methyl sites for hydroxylation is 1. The Morgan fingerprint density at radius 3 is 2.82 bits per heavy atom. The van der Waals surface area contributed by atoms with E-state index in [0.717, 1.165) is 22.9 Å². The molecular formula is C13H14N2O2.